The number of aryl methyl sites for hydroxylation is 1. The summed E-state index contributed by atoms with van der Waals surface area (Å²) in [5.41, 5.74) is 2.04. The standard InChI is InChI=1S/C16H23NO/c1-12-4-6-15(7-5-12)16(18)10-11-17(3)13(2)14-8-9-14/h4-7,13-14H,8-11H2,1-3H3. The van der Waals surface area contributed by atoms with Crippen LogP contribution in [0.5, 0.6) is 0 Å². The summed E-state index contributed by atoms with van der Waals surface area (Å²) in [6.07, 6.45) is 3.34. The third kappa shape index (κ3) is 3.42. The maximum Gasteiger partial charge on any atom is 0.164 e. The number of nitrogens with zero attached hydrogens (tertiary/aromatic N) is 1. The molecule has 1 aliphatic carbocycles. The van der Waals surface area contributed by atoms with E-state index >= 15 is 0 Å². The zero-order valence-corrected chi connectivity index (χ0v) is 11.6. The van der Waals surface area contributed by atoms with Crippen molar-refractivity contribution in [2.75, 3.05) is 13.6 Å². The van der Waals surface area contributed by atoms with E-state index in [1.165, 1.54) is 18.4 Å². The van der Waals surface area contributed by atoms with Crippen LogP contribution in [0.4, 0.5) is 0 Å². The Morgan fingerprint density at radius 1 is 1.33 bits per heavy atom. The van der Waals surface area contributed by atoms with Gasteiger partial charge in [-0.2, -0.15) is 0 Å². The highest BCUT2D eigenvalue weighted by Crippen LogP contribution is 2.34. The molecule has 0 saturated heterocycles. The lowest BCUT2D eigenvalue weighted by Gasteiger charge is -2.24. The number of carbonyl (C=O) groups is 1. The molecule has 2 nitrogen and oxygen atoms in total. The molecule has 2 heteroatoms. The lowest BCUT2D eigenvalue weighted by atomic mass is 10.1. The van der Waals surface area contributed by atoms with Crippen molar-refractivity contribution in [3.05, 3.63) is 35.4 Å². The van der Waals surface area contributed by atoms with Crippen LogP contribution in [0.1, 0.15) is 42.1 Å². The number of benzene rings is 1. The number of hydrogen-bond acceptors (Lipinski definition) is 2. The SMILES string of the molecule is Cc1ccc(C(=O)CCN(C)C(C)C2CC2)cc1. The molecule has 1 atom stereocenters. The molecule has 1 aliphatic rings. The summed E-state index contributed by atoms with van der Waals surface area (Å²) >= 11 is 0. The summed E-state index contributed by atoms with van der Waals surface area (Å²) in [6, 6.07) is 8.49. The highest BCUT2D eigenvalue weighted by molar-refractivity contribution is 5.96. The Hall–Kier alpha value is -1.15. The zero-order valence-electron chi connectivity index (χ0n) is 11.6. The molecule has 0 heterocycles. The van der Waals surface area contributed by atoms with Gasteiger partial charge in [-0.3, -0.25) is 4.79 Å². The van der Waals surface area contributed by atoms with Crippen LogP contribution in [-0.4, -0.2) is 30.3 Å². The molecule has 1 unspecified atom stereocenters. The van der Waals surface area contributed by atoms with E-state index in [-0.39, 0.29) is 5.78 Å². The highest BCUT2D eigenvalue weighted by Gasteiger charge is 2.30. The summed E-state index contributed by atoms with van der Waals surface area (Å²) in [4.78, 5) is 14.4. The largest absolute Gasteiger partial charge is 0.303 e. The van der Waals surface area contributed by atoms with Crippen LogP contribution in [0.15, 0.2) is 24.3 Å². The minimum absolute atomic E-state index is 0.254. The van der Waals surface area contributed by atoms with Gasteiger partial charge in [0.05, 0.1) is 0 Å². The number of ketones is 1. The number of carbonyl (C=O) groups excluding carboxylic acids is 1. The molecule has 98 valence electrons. The van der Waals surface area contributed by atoms with Gasteiger partial charge in [0.1, 0.15) is 0 Å². The van der Waals surface area contributed by atoms with Gasteiger partial charge in [-0.05, 0) is 39.7 Å². The van der Waals surface area contributed by atoms with Gasteiger partial charge >= 0.3 is 0 Å². The molecule has 0 aliphatic heterocycles. The van der Waals surface area contributed by atoms with Gasteiger partial charge in [-0.25, -0.2) is 0 Å². The van der Waals surface area contributed by atoms with Crippen molar-refractivity contribution in [1.29, 1.82) is 0 Å². The van der Waals surface area contributed by atoms with Gasteiger partial charge in [-0.15, -0.1) is 0 Å². The first-order chi connectivity index (χ1) is 8.58. The van der Waals surface area contributed by atoms with E-state index < -0.39 is 0 Å². The lowest BCUT2D eigenvalue weighted by Crippen LogP contribution is -2.32. The van der Waals surface area contributed by atoms with Crippen LogP contribution in [0, 0.1) is 12.8 Å². The van der Waals surface area contributed by atoms with Gasteiger partial charge in [0.2, 0.25) is 0 Å². The van der Waals surface area contributed by atoms with E-state index in [2.05, 4.69) is 18.9 Å². The molecular weight excluding hydrogens is 222 g/mol. The predicted molar refractivity (Wildman–Crippen MR) is 74.9 cm³/mol. The third-order valence-corrected chi connectivity index (χ3v) is 4.06. The third-order valence-electron chi connectivity index (χ3n) is 4.06. The normalized spacial score (nSPS) is 16.9. The number of Topliss-reactive ketones (excluding diaryl/α,β-unsaturated/α-hetero) is 1. The van der Waals surface area contributed by atoms with Gasteiger partial charge < -0.3 is 4.90 Å². The van der Waals surface area contributed by atoms with Crippen LogP contribution in [-0.2, 0) is 0 Å². The highest BCUT2D eigenvalue weighted by atomic mass is 16.1. The molecule has 18 heavy (non-hydrogen) atoms. The first-order valence-electron chi connectivity index (χ1n) is 6.88. The zero-order chi connectivity index (χ0) is 13.1. The molecule has 1 aromatic carbocycles. The summed E-state index contributed by atoms with van der Waals surface area (Å²) in [5, 5.41) is 0. The predicted octanol–water partition coefficient (Wildman–Crippen LogP) is 3.30. The first kappa shape index (κ1) is 13.3. The Morgan fingerprint density at radius 3 is 2.50 bits per heavy atom. The molecular formula is C16H23NO. The monoisotopic (exact) mass is 245 g/mol. The quantitative estimate of drug-likeness (QED) is 0.717. The minimum Gasteiger partial charge on any atom is -0.303 e. The first-order valence-corrected chi connectivity index (χ1v) is 6.88. The molecule has 1 fully saturated rings. The van der Waals surface area contributed by atoms with Crippen molar-refractivity contribution in [3.63, 3.8) is 0 Å². The van der Waals surface area contributed by atoms with E-state index in [0.717, 1.165) is 18.0 Å². The summed E-state index contributed by atoms with van der Waals surface area (Å²) in [5.74, 6) is 1.12. The maximum atomic E-state index is 12.0. The maximum absolute atomic E-state index is 12.0. The fourth-order valence-corrected chi connectivity index (χ4v) is 2.30. The van der Waals surface area contributed by atoms with Crippen LogP contribution >= 0.6 is 0 Å². The van der Waals surface area contributed by atoms with E-state index in [4.69, 9.17) is 0 Å². The summed E-state index contributed by atoms with van der Waals surface area (Å²) in [6.45, 7) is 5.18. The van der Waals surface area contributed by atoms with Crippen LogP contribution in [0.3, 0.4) is 0 Å². The smallest absolute Gasteiger partial charge is 0.164 e. The Labute approximate surface area is 110 Å². The van der Waals surface area contributed by atoms with Crippen molar-refractivity contribution in [1.82, 2.24) is 4.90 Å². The second-order valence-electron chi connectivity index (χ2n) is 5.60. The fourth-order valence-electron chi connectivity index (χ4n) is 2.30. The molecule has 0 radical (unpaired) electrons. The van der Waals surface area contributed by atoms with E-state index in [0.29, 0.717) is 12.5 Å². The van der Waals surface area contributed by atoms with Gasteiger partial charge in [0, 0.05) is 24.6 Å². The second-order valence-corrected chi connectivity index (χ2v) is 5.60. The van der Waals surface area contributed by atoms with Crippen molar-refractivity contribution >= 4 is 5.78 Å². The fraction of sp³-hybridized carbons (Fsp3) is 0.562. The molecule has 1 saturated carbocycles. The molecule has 0 bridgehead atoms. The second kappa shape index (κ2) is 5.66. The molecule has 0 spiro atoms. The minimum atomic E-state index is 0.254. The van der Waals surface area contributed by atoms with Crippen molar-refractivity contribution in [2.24, 2.45) is 5.92 Å². The summed E-state index contributed by atoms with van der Waals surface area (Å²) in [7, 11) is 2.13. The van der Waals surface area contributed by atoms with Gasteiger partial charge in [-0.1, -0.05) is 29.8 Å². The average molecular weight is 245 g/mol. The molecule has 2 rings (SSSR count). The molecule has 1 aromatic rings. The van der Waals surface area contributed by atoms with Crippen LogP contribution in [0.25, 0.3) is 0 Å². The number of rotatable bonds is 6. The van der Waals surface area contributed by atoms with E-state index in [1.54, 1.807) is 0 Å². The molecule has 0 amide bonds. The van der Waals surface area contributed by atoms with Gasteiger partial charge in [0.25, 0.3) is 0 Å². The van der Waals surface area contributed by atoms with E-state index in [1.807, 2.05) is 31.2 Å². The Morgan fingerprint density at radius 2 is 1.94 bits per heavy atom. The van der Waals surface area contributed by atoms with Crippen LogP contribution in [0.2, 0.25) is 0 Å². The van der Waals surface area contributed by atoms with Crippen molar-refractivity contribution in [3.8, 4) is 0 Å². The lowest BCUT2D eigenvalue weighted by molar-refractivity contribution is 0.0959. The average Bonchev–Trinajstić information content (AvgIpc) is 3.19. The van der Waals surface area contributed by atoms with Crippen LogP contribution < -0.4 is 0 Å². The number of hydrogen-bond donors (Lipinski definition) is 0. The van der Waals surface area contributed by atoms with Crippen molar-refractivity contribution in [2.45, 2.75) is 39.2 Å². The van der Waals surface area contributed by atoms with E-state index in [9.17, 15) is 4.79 Å². The Balaban J connectivity index is 1.82. The summed E-state index contributed by atoms with van der Waals surface area (Å²) < 4.78 is 0. The topological polar surface area (TPSA) is 20.3 Å². The molecule has 0 aromatic heterocycles. The van der Waals surface area contributed by atoms with Crippen molar-refractivity contribution < 1.29 is 4.79 Å². The van der Waals surface area contributed by atoms with Gasteiger partial charge in [0.15, 0.2) is 5.78 Å². The Bertz CT molecular complexity index is 406. The Kier molecular flexibility index (Phi) is 4.18. The molecule has 0 N–H and O–H groups in total.